The first-order valence-electron chi connectivity index (χ1n) is 12.4. The molecule has 0 bridgehead atoms. The molecule has 192 valence electrons. The molecule has 36 heavy (non-hydrogen) atoms. The summed E-state index contributed by atoms with van der Waals surface area (Å²) in [6, 6.07) is 6.57. The Bertz CT molecular complexity index is 1250. The van der Waals surface area contributed by atoms with Crippen molar-refractivity contribution in [1.29, 1.82) is 0 Å². The maximum absolute atomic E-state index is 13.9. The maximum atomic E-state index is 13.9. The number of carbonyl (C=O) groups is 1. The van der Waals surface area contributed by atoms with Gasteiger partial charge in [-0.15, -0.1) is 0 Å². The third-order valence-corrected chi connectivity index (χ3v) is 6.49. The normalized spacial score (nSPS) is 16.9. The molecule has 1 fully saturated rings. The van der Waals surface area contributed by atoms with E-state index in [0.717, 1.165) is 48.4 Å². The summed E-state index contributed by atoms with van der Waals surface area (Å²) in [4.78, 5) is 25.1. The lowest BCUT2D eigenvalue weighted by atomic mass is 10.0. The monoisotopic (exact) mass is 495 g/mol. The molecule has 0 unspecified atom stereocenters. The first-order chi connectivity index (χ1) is 17.3. The molecule has 2 N–H and O–H groups in total. The molecule has 8 nitrogen and oxygen atoms in total. The molecule has 0 aliphatic carbocycles. The minimum Gasteiger partial charge on any atom is -0.494 e. The highest BCUT2D eigenvalue weighted by Crippen LogP contribution is 2.35. The average Bonchev–Trinajstić information content (AvgIpc) is 3.07. The second kappa shape index (κ2) is 11.1. The lowest BCUT2D eigenvalue weighted by Crippen LogP contribution is -2.33. The van der Waals surface area contributed by atoms with Gasteiger partial charge in [-0.3, -0.25) is 4.79 Å². The van der Waals surface area contributed by atoms with E-state index in [1.54, 1.807) is 18.3 Å². The molecule has 1 aliphatic heterocycles. The van der Waals surface area contributed by atoms with Gasteiger partial charge >= 0.3 is 0 Å². The second-order valence-electron chi connectivity index (χ2n) is 9.14. The largest absolute Gasteiger partial charge is 0.494 e. The lowest BCUT2D eigenvalue weighted by Gasteiger charge is -2.27. The van der Waals surface area contributed by atoms with Crippen LogP contribution in [0.2, 0.25) is 0 Å². The number of rotatable bonds is 7. The van der Waals surface area contributed by atoms with Gasteiger partial charge in [0.25, 0.3) is 5.91 Å². The summed E-state index contributed by atoms with van der Waals surface area (Å²) in [7, 11) is 1.42. The fourth-order valence-corrected chi connectivity index (χ4v) is 4.56. The number of aromatic nitrogens is 2. The SMILES string of the molecule is CCOc1nc(C)cc2c(N3CCN[C@@H](C)CC3)c(C(=O)N[C@@H](C)c3ccc(F)c(OC)c3)cnc12. The number of anilines is 1. The Labute approximate surface area is 211 Å². The van der Waals surface area contributed by atoms with Crippen molar-refractivity contribution < 1.29 is 18.7 Å². The number of ether oxygens (including phenoxy) is 2. The van der Waals surface area contributed by atoms with Crippen molar-refractivity contribution in [3.05, 3.63) is 53.1 Å². The summed E-state index contributed by atoms with van der Waals surface area (Å²) >= 11 is 0. The zero-order chi connectivity index (χ0) is 25.8. The van der Waals surface area contributed by atoms with Crippen LogP contribution in [0.25, 0.3) is 10.9 Å². The van der Waals surface area contributed by atoms with Crippen molar-refractivity contribution in [2.45, 2.75) is 46.2 Å². The number of carbonyl (C=O) groups excluding carboxylic acids is 1. The summed E-state index contributed by atoms with van der Waals surface area (Å²) in [5.41, 5.74) is 3.47. The van der Waals surface area contributed by atoms with E-state index < -0.39 is 5.82 Å². The zero-order valence-corrected chi connectivity index (χ0v) is 21.5. The van der Waals surface area contributed by atoms with Gasteiger partial charge in [-0.05, 0) is 57.9 Å². The van der Waals surface area contributed by atoms with Gasteiger partial charge < -0.3 is 25.0 Å². The molecule has 3 aromatic rings. The fourth-order valence-electron chi connectivity index (χ4n) is 4.56. The van der Waals surface area contributed by atoms with Crippen LogP contribution >= 0.6 is 0 Å². The highest BCUT2D eigenvalue weighted by atomic mass is 19.1. The van der Waals surface area contributed by atoms with E-state index in [4.69, 9.17) is 9.47 Å². The molecule has 0 radical (unpaired) electrons. The van der Waals surface area contributed by atoms with Crippen LogP contribution in [0, 0.1) is 12.7 Å². The van der Waals surface area contributed by atoms with Gasteiger partial charge in [-0.1, -0.05) is 6.07 Å². The van der Waals surface area contributed by atoms with E-state index in [-0.39, 0.29) is 17.7 Å². The number of amides is 1. The molecule has 1 amide bonds. The summed E-state index contributed by atoms with van der Waals surface area (Å²) in [6.07, 6.45) is 2.55. The molecule has 4 rings (SSSR count). The number of benzene rings is 1. The van der Waals surface area contributed by atoms with Crippen LogP contribution < -0.4 is 25.0 Å². The van der Waals surface area contributed by atoms with E-state index in [2.05, 4.69) is 32.4 Å². The van der Waals surface area contributed by atoms with Crippen LogP contribution in [0.15, 0.2) is 30.5 Å². The van der Waals surface area contributed by atoms with Gasteiger partial charge in [-0.2, -0.15) is 0 Å². The number of aryl methyl sites for hydroxylation is 1. The van der Waals surface area contributed by atoms with Crippen molar-refractivity contribution in [2.24, 2.45) is 0 Å². The number of pyridine rings is 2. The Hall–Kier alpha value is -3.46. The van der Waals surface area contributed by atoms with E-state index in [1.165, 1.54) is 13.2 Å². The van der Waals surface area contributed by atoms with Gasteiger partial charge in [0.05, 0.1) is 31.0 Å². The molecule has 1 aliphatic rings. The van der Waals surface area contributed by atoms with Gasteiger partial charge in [-0.25, -0.2) is 14.4 Å². The van der Waals surface area contributed by atoms with Crippen LogP contribution in [-0.4, -0.2) is 55.3 Å². The molecule has 9 heteroatoms. The highest BCUT2D eigenvalue weighted by Gasteiger charge is 2.25. The van der Waals surface area contributed by atoms with Gasteiger partial charge in [0, 0.05) is 43.0 Å². The summed E-state index contributed by atoms with van der Waals surface area (Å²) in [5, 5.41) is 7.41. The van der Waals surface area contributed by atoms with Crippen LogP contribution in [-0.2, 0) is 0 Å². The standard InChI is InChI=1S/C27H34FN5O3/c1-6-36-27-24-20(13-17(3)31-27)25(33-11-9-16(2)29-10-12-33)21(15-30-24)26(34)32-18(4)19-7-8-22(28)23(14-19)35-5/h7-8,13-16,18,29H,6,9-12H2,1-5H3,(H,32,34)/t16-,18-/m0/s1. The van der Waals surface area contributed by atoms with Crippen LogP contribution in [0.5, 0.6) is 11.6 Å². The van der Waals surface area contributed by atoms with E-state index in [1.807, 2.05) is 26.8 Å². The summed E-state index contributed by atoms with van der Waals surface area (Å²) in [6.45, 7) is 10.7. The number of hydrogen-bond donors (Lipinski definition) is 2. The maximum Gasteiger partial charge on any atom is 0.255 e. The highest BCUT2D eigenvalue weighted by molar-refractivity contribution is 6.08. The van der Waals surface area contributed by atoms with Gasteiger partial charge in [0.15, 0.2) is 11.6 Å². The van der Waals surface area contributed by atoms with Crippen LogP contribution in [0.1, 0.15) is 54.8 Å². The van der Waals surface area contributed by atoms with Crippen molar-refractivity contribution in [3.8, 4) is 11.6 Å². The minimum atomic E-state index is -0.445. The number of halogens is 1. The number of fused-ring (bicyclic) bond motifs is 1. The molecule has 2 atom stereocenters. The number of hydrogen-bond acceptors (Lipinski definition) is 7. The Balaban J connectivity index is 1.77. The van der Waals surface area contributed by atoms with E-state index >= 15 is 0 Å². The second-order valence-corrected chi connectivity index (χ2v) is 9.14. The Morgan fingerprint density at radius 3 is 2.89 bits per heavy atom. The fraction of sp³-hybridized carbons (Fsp3) is 0.444. The molecular formula is C27H34FN5O3. The summed E-state index contributed by atoms with van der Waals surface area (Å²) in [5.74, 6) is -0.0974. The number of methoxy groups -OCH3 is 1. The average molecular weight is 496 g/mol. The number of nitrogens with zero attached hydrogens (tertiary/aromatic N) is 3. The van der Waals surface area contributed by atoms with Crippen LogP contribution in [0.3, 0.4) is 0 Å². The molecule has 2 aromatic heterocycles. The first-order valence-corrected chi connectivity index (χ1v) is 12.4. The molecule has 1 saturated heterocycles. The predicted molar refractivity (Wildman–Crippen MR) is 139 cm³/mol. The molecular weight excluding hydrogens is 461 g/mol. The smallest absolute Gasteiger partial charge is 0.255 e. The van der Waals surface area contributed by atoms with Crippen molar-refractivity contribution >= 4 is 22.5 Å². The van der Waals surface area contributed by atoms with E-state index in [9.17, 15) is 9.18 Å². The zero-order valence-electron chi connectivity index (χ0n) is 21.5. The molecule has 0 saturated carbocycles. The van der Waals surface area contributed by atoms with Gasteiger partial charge in [0.2, 0.25) is 5.88 Å². The van der Waals surface area contributed by atoms with Crippen molar-refractivity contribution in [1.82, 2.24) is 20.6 Å². The third-order valence-electron chi connectivity index (χ3n) is 6.49. The lowest BCUT2D eigenvalue weighted by molar-refractivity contribution is 0.0940. The van der Waals surface area contributed by atoms with Crippen molar-refractivity contribution in [3.63, 3.8) is 0 Å². The Kier molecular flexibility index (Phi) is 7.88. The van der Waals surface area contributed by atoms with Crippen LogP contribution in [0.4, 0.5) is 10.1 Å². The molecule has 0 spiro atoms. The Morgan fingerprint density at radius 1 is 1.33 bits per heavy atom. The Morgan fingerprint density at radius 2 is 2.14 bits per heavy atom. The van der Waals surface area contributed by atoms with E-state index in [0.29, 0.717) is 29.6 Å². The topological polar surface area (TPSA) is 88.6 Å². The number of nitrogens with one attached hydrogen (secondary N) is 2. The molecule has 3 heterocycles. The van der Waals surface area contributed by atoms with Crippen molar-refractivity contribution in [2.75, 3.05) is 38.3 Å². The molecule has 1 aromatic carbocycles. The first kappa shape index (κ1) is 25.6. The quantitative estimate of drug-likeness (QED) is 0.509. The third kappa shape index (κ3) is 5.36. The predicted octanol–water partition coefficient (Wildman–Crippen LogP) is 4.16. The minimum absolute atomic E-state index is 0.138. The van der Waals surface area contributed by atoms with Gasteiger partial charge in [0.1, 0.15) is 5.52 Å². The summed E-state index contributed by atoms with van der Waals surface area (Å²) < 4.78 is 24.8.